The first-order valence-electron chi connectivity index (χ1n) is 17.1. The molecule has 0 N–H and O–H groups in total. The molecular weight excluding hydrogens is 553 g/mol. The van der Waals surface area contributed by atoms with Crippen LogP contribution >= 0.6 is 0 Å². The molecule has 3 aromatic rings. The van der Waals surface area contributed by atoms with Gasteiger partial charge in [0.2, 0.25) is 5.82 Å². The van der Waals surface area contributed by atoms with Gasteiger partial charge in [-0.1, -0.05) is 94.0 Å². The largest absolute Gasteiger partial charge is 0.490 e. The maximum absolute atomic E-state index is 15.4. The lowest BCUT2D eigenvalue weighted by Gasteiger charge is -2.38. The molecule has 2 fully saturated rings. The highest BCUT2D eigenvalue weighted by Crippen LogP contribution is 2.45. The average Bonchev–Trinajstić information content (AvgIpc) is 3.06. The van der Waals surface area contributed by atoms with E-state index in [-0.39, 0.29) is 23.7 Å². The Morgan fingerprint density at radius 1 is 0.727 bits per heavy atom. The van der Waals surface area contributed by atoms with Crippen LogP contribution in [0, 0.1) is 35.2 Å². The quantitative estimate of drug-likeness (QED) is 0.148. The van der Waals surface area contributed by atoms with Crippen molar-refractivity contribution in [2.24, 2.45) is 17.8 Å². The van der Waals surface area contributed by atoms with Crippen molar-refractivity contribution in [3.8, 4) is 28.0 Å². The minimum atomic E-state index is -0.982. The number of ether oxygens (including phenoxy) is 1. The van der Waals surface area contributed by atoms with Crippen LogP contribution in [0.3, 0.4) is 0 Å². The normalized spacial score (nSPS) is 22.4. The molecule has 44 heavy (non-hydrogen) atoms. The molecule has 0 bridgehead atoms. The second-order valence-electron chi connectivity index (χ2n) is 13.1. The molecule has 0 unspecified atom stereocenters. The molecule has 0 spiro atoms. The lowest BCUT2D eigenvalue weighted by molar-refractivity contribution is 0.155. The topological polar surface area (TPSA) is 9.23 Å². The summed E-state index contributed by atoms with van der Waals surface area (Å²) in [5.74, 6) is 0.794. The van der Waals surface area contributed by atoms with E-state index in [1.165, 1.54) is 70.3 Å². The smallest absolute Gasteiger partial charge is 0.201 e. The third kappa shape index (κ3) is 7.98. The van der Waals surface area contributed by atoms with E-state index >= 15 is 4.39 Å². The van der Waals surface area contributed by atoms with Gasteiger partial charge in [0.25, 0.3) is 0 Å². The van der Waals surface area contributed by atoms with Crippen molar-refractivity contribution < 1.29 is 17.9 Å². The van der Waals surface area contributed by atoms with Gasteiger partial charge in [-0.15, -0.1) is 0 Å². The SMILES string of the molecule is CC=CCCOc1ccc(-c2ccc(-c3ccc(C4CCC(C5CCC(CCCCC)CC5)CC4)c(F)c3)cc2)c(F)c1F. The zero-order chi connectivity index (χ0) is 30.9. The second-order valence-corrected chi connectivity index (χ2v) is 13.1. The van der Waals surface area contributed by atoms with E-state index in [0.29, 0.717) is 17.9 Å². The third-order valence-corrected chi connectivity index (χ3v) is 10.3. The Labute approximate surface area is 262 Å². The molecule has 0 aliphatic heterocycles. The van der Waals surface area contributed by atoms with Gasteiger partial charge in [-0.3, -0.25) is 0 Å². The first-order chi connectivity index (χ1) is 21.5. The van der Waals surface area contributed by atoms with Gasteiger partial charge in [-0.25, -0.2) is 8.78 Å². The van der Waals surface area contributed by atoms with Gasteiger partial charge in [0.15, 0.2) is 11.6 Å². The van der Waals surface area contributed by atoms with E-state index < -0.39 is 11.6 Å². The van der Waals surface area contributed by atoms with Crippen LogP contribution in [0.1, 0.15) is 109 Å². The fraction of sp³-hybridized carbons (Fsp3) is 0.500. The molecule has 1 nitrogen and oxygen atoms in total. The number of hydrogen-bond acceptors (Lipinski definition) is 1. The summed E-state index contributed by atoms with van der Waals surface area (Å²) in [5.41, 5.74) is 3.21. The third-order valence-electron chi connectivity index (χ3n) is 10.3. The summed E-state index contributed by atoms with van der Waals surface area (Å²) in [4.78, 5) is 0. The number of allylic oxidation sites excluding steroid dienone is 1. The Hall–Kier alpha value is -3.01. The molecule has 5 rings (SSSR count). The predicted octanol–water partition coefficient (Wildman–Crippen LogP) is 12.4. The Bertz CT molecular complexity index is 1360. The number of rotatable bonds is 12. The minimum absolute atomic E-state index is 0.0864. The van der Waals surface area contributed by atoms with Crippen LogP contribution in [0.5, 0.6) is 5.75 Å². The van der Waals surface area contributed by atoms with Crippen molar-refractivity contribution in [1.82, 2.24) is 0 Å². The van der Waals surface area contributed by atoms with Crippen LogP contribution in [0.2, 0.25) is 0 Å². The van der Waals surface area contributed by atoms with E-state index in [2.05, 4.69) is 6.92 Å². The van der Waals surface area contributed by atoms with Gasteiger partial charge in [0, 0.05) is 5.56 Å². The van der Waals surface area contributed by atoms with Crippen molar-refractivity contribution in [2.75, 3.05) is 6.61 Å². The summed E-state index contributed by atoms with van der Waals surface area (Å²) in [6.07, 6.45) is 20.2. The van der Waals surface area contributed by atoms with E-state index in [9.17, 15) is 8.78 Å². The first kappa shape index (κ1) is 32.4. The maximum atomic E-state index is 15.4. The molecule has 4 heteroatoms. The van der Waals surface area contributed by atoms with Crippen LogP contribution in [-0.4, -0.2) is 6.61 Å². The number of unbranched alkanes of at least 4 members (excludes halogenated alkanes) is 2. The van der Waals surface area contributed by atoms with Gasteiger partial charge < -0.3 is 4.74 Å². The molecule has 0 heterocycles. The van der Waals surface area contributed by atoms with Gasteiger partial charge >= 0.3 is 0 Å². The van der Waals surface area contributed by atoms with Crippen LogP contribution in [0.4, 0.5) is 13.2 Å². The molecule has 2 saturated carbocycles. The highest BCUT2D eigenvalue weighted by molar-refractivity contribution is 5.71. The van der Waals surface area contributed by atoms with E-state index in [0.717, 1.165) is 47.3 Å². The first-order valence-corrected chi connectivity index (χ1v) is 17.1. The molecule has 236 valence electrons. The van der Waals surface area contributed by atoms with E-state index in [1.54, 1.807) is 24.3 Å². The average molecular weight is 603 g/mol. The Balaban J connectivity index is 1.16. The fourth-order valence-electron chi connectivity index (χ4n) is 7.68. The second kappa shape index (κ2) is 15.8. The van der Waals surface area contributed by atoms with Gasteiger partial charge in [-0.05, 0) is 116 Å². The number of halogens is 3. The van der Waals surface area contributed by atoms with Crippen LogP contribution in [0.15, 0.2) is 66.7 Å². The summed E-state index contributed by atoms with van der Waals surface area (Å²) < 4.78 is 50.4. The van der Waals surface area contributed by atoms with Crippen LogP contribution in [-0.2, 0) is 0 Å². The monoisotopic (exact) mass is 602 g/mol. The number of hydrogen-bond donors (Lipinski definition) is 0. The molecule has 2 aliphatic carbocycles. The molecule has 0 aromatic heterocycles. The van der Waals surface area contributed by atoms with Gasteiger partial charge in [-0.2, -0.15) is 4.39 Å². The molecular formula is C40H49F3O. The van der Waals surface area contributed by atoms with Crippen molar-refractivity contribution in [2.45, 2.75) is 103 Å². The lowest BCUT2D eigenvalue weighted by Crippen LogP contribution is -2.25. The molecule has 3 aromatic carbocycles. The van der Waals surface area contributed by atoms with Gasteiger partial charge in [0.05, 0.1) is 6.61 Å². The maximum Gasteiger partial charge on any atom is 0.201 e. The predicted molar refractivity (Wildman–Crippen MR) is 176 cm³/mol. The minimum Gasteiger partial charge on any atom is -0.490 e. The molecule has 0 amide bonds. The Morgan fingerprint density at radius 3 is 2.05 bits per heavy atom. The van der Waals surface area contributed by atoms with Gasteiger partial charge in [0.1, 0.15) is 5.82 Å². The van der Waals surface area contributed by atoms with Crippen molar-refractivity contribution >= 4 is 0 Å². The highest BCUT2D eigenvalue weighted by atomic mass is 19.2. The molecule has 0 atom stereocenters. The molecule has 2 aliphatic rings. The summed E-state index contributed by atoms with van der Waals surface area (Å²) in [7, 11) is 0. The standard InChI is InChI=1S/C40H49F3O/c1-3-5-7-9-28-10-12-29(13-11-28)30-14-18-32(19-15-30)35-23-22-34(27-37(35)41)31-16-20-33(21-17-31)36-24-25-38(40(43)39(36)42)44-26-8-6-4-2/h4,6,16-17,20-25,27-30,32H,3,5,7-15,18-19,26H2,1-2H3. The zero-order valence-corrected chi connectivity index (χ0v) is 26.6. The van der Waals surface area contributed by atoms with Crippen molar-refractivity contribution in [3.05, 3.63) is 89.8 Å². The summed E-state index contributed by atoms with van der Waals surface area (Å²) in [5, 5.41) is 0. The summed E-state index contributed by atoms with van der Waals surface area (Å²) >= 11 is 0. The zero-order valence-electron chi connectivity index (χ0n) is 26.6. The Kier molecular flexibility index (Phi) is 11.6. The summed E-state index contributed by atoms with van der Waals surface area (Å²) in [6.45, 7) is 4.47. The van der Waals surface area contributed by atoms with Crippen molar-refractivity contribution in [1.29, 1.82) is 0 Å². The van der Waals surface area contributed by atoms with Crippen LogP contribution < -0.4 is 4.74 Å². The van der Waals surface area contributed by atoms with E-state index in [4.69, 9.17) is 4.74 Å². The highest BCUT2D eigenvalue weighted by Gasteiger charge is 2.32. The lowest BCUT2D eigenvalue weighted by atomic mass is 9.68. The van der Waals surface area contributed by atoms with Crippen molar-refractivity contribution in [3.63, 3.8) is 0 Å². The van der Waals surface area contributed by atoms with Crippen LogP contribution in [0.25, 0.3) is 22.3 Å². The fourth-order valence-corrected chi connectivity index (χ4v) is 7.68. The number of benzene rings is 3. The van der Waals surface area contributed by atoms with E-state index in [1.807, 2.05) is 43.3 Å². The Morgan fingerprint density at radius 2 is 1.39 bits per heavy atom. The summed E-state index contributed by atoms with van der Waals surface area (Å²) in [6, 6.07) is 15.8. The molecule has 0 saturated heterocycles. The molecule has 0 radical (unpaired) electrons.